The maximum Gasteiger partial charge on any atom is 0.148 e. The highest BCUT2D eigenvalue weighted by Gasteiger charge is 2.15. The van der Waals surface area contributed by atoms with Gasteiger partial charge in [0.25, 0.3) is 0 Å². The van der Waals surface area contributed by atoms with Gasteiger partial charge < -0.3 is 9.30 Å². The highest BCUT2D eigenvalue weighted by atomic mass is 32.1. The van der Waals surface area contributed by atoms with Crippen LogP contribution in [0, 0.1) is 5.92 Å². The zero-order chi connectivity index (χ0) is 18.8. The number of imidazole rings is 1. The molecular formula is C20H23N5OS. The zero-order valence-electron chi connectivity index (χ0n) is 15.8. The van der Waals surface area contributed by atoms with Crippen molar-refractivity contribution >= 4 is 22.2 Å². The van der Waals surface area contributed by atoms with Crippen molar-refractivity contribution in [2.45, 2.75) is 33.3 Å². The summed E-state index contributed by atoms with van der Waals surface area (Å²) in [6.07, 6.45) is 7.28. The third-order valence-corrected chi connectivity index (χ3v) is 5.28. The van der Waals surface area contributed by atoms with E-state index >= 15 is 0 Å². The van der Waals surface area contributed by atoms with Gasteiger partial charge in [-0.25, -0.2) is 9.97 Å². The molecule has 0 fully saturated rings. The number of rotatable bonds is 7. The summed E-state index contributed by atoms with van der Waals surface area (Å²) in [5.41, 5.74) is 3.20. The predicted molar refractivity (Wildman–Crippen MR) is 107 cm³/mol. The van der Waals surface area contributed by atoms with Crippen molar-refractivity contribution in [2.75, 3.05) is 0 Å². The molecule has 0 aliphatic carbocycles. The molecule has 27 heavy (non-hydrogen) atoms. The number of nitrogens with zero attached hydrogens (tertiary/aromatic N) is 4. The van der Waals surface area contributed by atoms with Crippen LogP contribution in [0.1, 0.15) is 35.9 Å². The average molecular weight is 382 g/mol. The van der Waals surface area contributed by atoms with Gasteiger partial charge in [0.1, 0.15) is 23.7 Å². The standard InChI is InChI=1S/C20H23N5OS/c1-13(2)8-14-9-15-16(11-19-22-5-7-27-19)23-24-20(15)17(10-14)26-12-18-21-4-6-25(18)3/h4-7,9-10,13H,8,11-12H2,1-3H3,(H,23,24). The molecule has 0 aliphatic rings. The molecule has 0 bridgehead atoms. The lowest BCUT2D eigenvalue weighted by atomic mass is 10.00. The number of nitrogens with one attached hydrogen (secondary N) is 1. The number of hydrogen-bond donors (Lipinski definition) is 1. The lowest BCUT2D eigenvalue weighted by molar-refractivity contribution is 0.294. The molecule has 0 amide bonds. The molecule has 4 rings (SSSR count). The lowest BCUT2D eigenvalue weighted by Crippen LogP contribution is -2.04. The first-order valence-electron chi connectivity index (χ1n) is 9.07. The van der Waals surface area contributed by atoms with Crippen molar-refractivity contribution in [3.8, 4) is 5.75 Å². The van der Waals surface area contributed by atoms with E-state index in [4.69, 9.17) is 4.74 Å². The number of thiazole rings is 1. The summed E-state index contributed by atoms with van der Waals surface area (Å²) in [5.74, 6) is 2.25. The topological polar surface area (TPSA) is 68.6 Å². The molecule has 0 saturated heterocycles. The summed E-state index contributed by atoms with van der Waals surface area (Å²) in [4.78, 5) is 8.74. The number of aromatic amines is 1. The van der Waals surface area contributed by atoms with E-state index in [2.05, 4.69) is 46.1 Å². The first-order chi connectivity index (χ1) is 13.1. The Morgan fingerprint density at radius 1 is 1.22 bits per heavy atom. The van der Waals surface area contributed by atoms with Gasteiger partial charge in [-0.3, -0.25) is 5.10 Å². The van der Waals surface area contributed by atoms with Crippen LogP contribution < -0.4 is 4.74 Å². The van der Waals surface area contributed by atoms with Gasteiger partial charge in [0.15, 0.2) is 0 Å². The molecule has 140 valence electrons. The Bertz CT molecular complexity index is 1030. The van der Waals surface area contributed by atoms with Crippen LogP contribution in [0.15, 0.2) is 36.1 Å². The van der Waals surface area contributed by atoms with Crippen LogP contribution in [-0.4, -0.2) is 24.7 Å². The van der Waals surface area contributed by atoms with Crippen LogP contribution in [0.5, 0.6) is 5.75 Å². The van der Waals surface area contributed by atoms with Gasteiger partial charge in [-0.1, -0.05) is 13.8 Å². The number of ether oxygens (including phenoxy) is 1. The van der Waals surface area contributed by atoms with Crippen molar-refractivity contribution < 1.29 is 4.74 Å². The minimum Gasteiger partial charge on any atom is -0.483 e. The summed E-state index contributed by atoms with van der Waals surface area (Å²) in [7, 11) is 1.97. The van der Waals surface area contributed by atoms with Crippen LogP contribution in [0.2, 0.25) is 0 Å². The van der Waals surface area contributed by atoms with E-state index in [1.54, 1.807) is 17.5 Å². The van der Waals surface area contributed by atoms with Crippen LogP contribution >= 0.6 is 11.3 Å². The van der Waals surface area contributed by atoms with Crippen LogP contribution in [-0.2, 0) is 26.5 Å². The number of aromatic nitrogens is 5. The smallest absolute Gasteiger partial charge is 0.148 e. The first-order valence-corrected chi connectivity index (χ1v) is 9.95. The van der Waals surface area contributed by atoms with Gasteiger partial charge in [0.05, 0.1) is 5.01 Å². The second-order valence-electron chi connectivity index (χ2n) is 7.14. The SMILES string of the molecule is CC(C)Cc1cc(OCc2nccn2C)c2n[nH]c(Cc3nccs3)c2c1. The Balaban J connectivity index is 1.69. The zero-order valence-corrected chi connectivity index (χ0v) is 16.6. The summed E-state index contributed by atoms with van der Waals surface area (Å²) >= 11 is 1.66. The minimum atomic E-state index is 0.415. The van der Waals surface area contributed by atoms with Crippen LogP contribution in [0.3, 0.4) is 0 Å². The maximum absolute atomic E-state index is 6.14. The molecule has 1 aromatic carbocycles. The molecule has 1 N–H and O–H groups in total. The Hall–Kier alpha value is -2.67. The molecule has 0 saturated carbocycles. The maximum atomic E-state index is 6.14. The lowest BCUT2D eigenvalue weighted by Gasteiger charge is -2.11. The highest BCUT2D eigenvalue weighted by Crippen LogP contribution is 2.31. The molecular weight excluding hydrogens is 358 g/mol. The van der Waals surface area contributed by atoms with Crippen molar-refractivity contribution in [1.29, 1.82) is 0 Å². The first kappa shape index (κ1) is 17.7. The number of hydrogen-bond acceptors (Lipinski definition) is 5. The predicted octanol–water partition coefficient (Wildman–Crippen LogP) is 4.12. The molecule has 3 heterocycles. The van der Waals surface area contributed by atoms with E-state index in [0.29, 0.717) is 12.5 Å². The molecule has 6 nitrogen and oxygen atoms in total. The summed E-state index contributed by atoms with van der Waals surface area (Å²) in [6, 6.07) is 4.34. The van der Waals surface area contributed by atoms with Crippen molar-refractivity contribution in [3.05, 3.63) is 58.2 Å². The van der Waals surface area contributed by atoms with Gasteiger partial charge >= 0.3 is 0 Å². The molecule has 0 atom stereocenters. The third kappa shape index (κ3) is 3.88. The van der Waals surface area contributed by atoms with E-state index in [0.717, 1.165) is 46.0 Å². The van der Waals surface area contributed by atoms with Crippen molar-refractivity contribution in [2.24, 2.45) is 13.0 Å². The normalized spacial score (nSPS) is 11.6. The van der Waals surface area contributed by atoms with Crippen LogP contribution in [0.25, 0.3) is 10.9 Å². The van der Waals surface area contributed by atoms with E-state index < -0.39 is 0 Å². The van der Waals surface area contributed by atoms with E-state index in [9.17, 15) is 0 Å². The van der Waals surface area contributed by atoms with Gasteiger partial charge in [-0.2, -0.15) is 5.10 Å². The molecule has 3 aromatic heterocycles. The van der Waals surface area contributed by atoms with Gasteiger partial charge in [-0.15, -0.1) is 11.3 Å². The fourth-order valence-corrected chi connectivity index (χ4v) is 3.83. The number of benzene rings is 1. The van der Waals surface area contributed by atoms with Gasteiger partial charge in [0.2, 0.25) is 0 Å². The molecule has 4 aromatic rings. The van der Waals surface area contributed by atoms with Crippen LogP contribution in [0.4, 0.5) is 0 Å². The Morgan fingerprint density at radius 2 is 2.11 bits per heavy atom. The third-order valence-electron chi connectivity index (χ3n) is 4.50. The largest absolute Gasteiger partial charge is 0.483 e. The summed E-state index contributed by atoms with van der Waals surface area (Å²) < 4.78 is 8.10. The van der Waals surface area contributed by atoms with Gasteiger partial charge in [-0.05, 0) is 30.0 Å². The van der Waals surface area contributed by atoms with E-state index in [1.807, 2.05) is 29.4 Å². The number of H-pyrrole nitrogens is 1. The molecule has 0 aliphatic heterocycles. The monoisotopic (exact) mass is 381 g/mol. The number of aryl methyl sites for hydroxylation is 1. The fourth-order valence-electron chi connectivity index (χ4n) is 3.20. The Labute approximate surface area is 162 Å². The molecule has 0 unspecified atom stereocenters. The minimum absolute atomic E-state index is 0.415. The number of fused-ring (bicyclic) bond motifs is 1. The second-order valence-corrected chi connectivity index (χ2v) is 8.12. The molecule has 0 radical (unpaired) electrons. The van der Waals surface area contributed by atoms with E-state index in [1.165, 1.54) is 5.56 Å². The summed E-state index contributed by atoms with van der Waals surface area (Å²) in [6.45, 7) is 4.87. The Kier molecular flexibility index (Phi) is 4.94. The molecule has 0 spiro atoms. The Morgan fingerprint density at radius 3 is 2.81 bits per heavy atom. The van der Waals surface area contributed by atoms with Gasteiger partial charge in [0, 0.05) is 48.5 Å². The average Bonchev–Trinajstić information content (AvgIpc) is 3.36. The van der Waals surface area contributed by atoms with Crippen molar-refractivity contribution in [1.82, 2.24) is 24.7 Å². The quantitative estimate of drug-likeness (QED) is 0.523. The second kappa shape index (κ2) is 7.52. The van der Waals surface area contributed by atoms with Crippen molar-refractivity contribution in [3.63, 3.8) is 0 Å². The fraction of sp³-hybridized carbons (Fsp3) is 0.350. The molecule has 7 heteroatoms. The summed E-state index contributed by atoms with van der Waals surface area (Å²) in [5, 5.41) is 11.9. The van der Waals surface area contributed by atoms with E-state index in [-0.39, 0.29) is 0 Å². The highest BCUT2D eigenvalue weighted by molar-refractivity contribution is 7.09.